The minimum absolute atomic E-state index is 0.0567. The van der Waals surface area contributed by atoms with E-state index in [4.69, 9.17) is 9.47 Å². The molecule has 2 rings (SSSR count). The van der Waals surface area contributed by atoms with Crippen molar-refractivity contribution in [3.05, 3.63) is 29.8 Å². The van der Waals surface area contributed by atoms with Crippen molar-refractivity contribution in [2.75, 3.05) is 19.8 Å². The van der Waals surface area contributed by atoms with Gasteiger partial charge in [-0.05, 0) is 31.5 Å². The Balaban J connectivity index is 2.04. The second kappa shape index (κ2) is 6.82. The maximum Gasteiger partial charge on any atom is 0.165 e. The molecule has 5 heteroatoms. The summed E-state index contributed by atoms with van der Waals surface area (Å²) in [5.41, 5.74) is 0. The van der Waals surface area contributed by atoms with Gasteiger partial charge in [-0.3, -0.25) is 0 Å². The Labute approximate surface area is 111 Å². The molecule has 2 unspecified atom stereocenters. The van der Waals surface area contributed by atoms with Gasteiger partial charge in [-0.1, -0.05) is 6.92 Å². The van der Waals surface area contributed by atoms with Gasteiger partial charge < -0.3 is 14.8 Å². The highest BCUT2D eigenvalue weighted by Crippen LogP contribution is 2.22. The summed E-state index contributed by atoms with van der Waals surface area (Å²) in [6.07, 6.45) is 1.52. The van der Waals surface area contributed by atoms with Gasteiger partial charge in [0.25, 0.3) is 0 Å². The number of hydrogen-bond acceptors (Lipinski definition) is 3. The largest absolute Gasteiger partial charge is 0.483 e. The number of halogens is 2. The molecule has 19 heavy (non-hydrogen) atoms. The molecule has 0 aliphatic carbocycles. The fraction of sp³-hybridized carbons (Fsp3) is 0.571. The molecule has 1 saturated heterocycles. The standard InChI is InChI=1S/C14H19F2NO2/c1-2-6-17-12-5-7-18-9-14(12)19-13-8-10(15)3-4-11(13)16/h3-4,8,12,14,17H,2,5-7,9H2,1H3. The molecule has 1 N–H and O–H groups in total. The second-order valence-electron chi connectivity index (χ2n) is 4.66. The first-order chi connectivity index (χ1) is 9.20. The Kier molecular flexibility index (Phi) is 5.10. The van der Waals surface area contributed by atoms with Crippen LogP contribution in [0.4, 0.5) is 8.78 Å². The van der Waals surface area contributed by atoms with E-state index in [0.29, 0.717) is 13.2 Å². The SMILES string of the molecule is CCCNC1CCOCC1Oc1cc(F)ccc1F. The predicted molar refractivity (Wildman–Crippen MR) is 68.3 cm³/mol. The Morgan fingerprint density at radius 3 is 3.05 bits per heavy atom. The number of rotatable bonds is 5. The first-order valence-corrected chi connectivity index (χ1v) is 6.63. The van der Waals surface area contributed by atoms with E-state index in [1.54, 1.807) is 0 Å². The molecule has 0 radical (unpaired) electrons. The Morgan fingerprint density at radius 1 is 1.42 bits per heavy atom. The van der Waals surface area contributed by atoms with Crippen LogP contribution in [-0.2, 0) is 4.74 Å². The summed E-state index contributed by atoms with van der Waals surface area (Å²) in [4.78, 5) is 0. The van der Waals surface area contributed by atoms with Gasteiger partial charge in [-0.25, -0.2) is 8.78 Å². The summed E-state index contributed by atoms with van der Waals surface area (Å²) in [7, 11) is 0. The normalized spacial score (nSPS) is 23.3. The van der Waals surface area contributed by atoms with Crippen molar-refractivity contribution in [3.63, 3.8) is 0 Å². The molecule has 0 amide bonds. The van der Waals surface area contributed by atoms with E-state index in [2.05, 4.69) is 12.2 Å². The van der Waals surface area contributed by atoms with Crippen molar-refractivity contribution in [1.82, 2.24) is 5.32 Å². The minimum atomic E-state index is -0.554. The van der Waals surface area contributed by atoms with Crippen LogP contribution in [-0.4, -0.2) is 31.9 Å². The molecule has 1 aromatic rings. The maximum absolute atomic E-state index is 13.6. The van der Waals surface area contributed by atoms with Gasteiger partial charge in [0.05, 0.1) is 6.61 Å². The molecule has 106 valence electrons. The second-order valence-corrected chi connectivity index (χ2v) is 4.66. The molecule has 1 fully saturated rings. The van der Waals surface area contributed by atoms with E-state index >= 15 is 0 Å². The molecule has 0 bridgehead atoms. The first-order valence-electron chi connectivity index (χ1n) is 6.63. The molecular weight excluding hydrogens is 252 g/mol. The average Bonchev–Trinajstić information content (AvgIpc) is 2.42. The molecule has 1 aliphatic rings. The van der Waals surface area contributed by atoms with Gasteiger partial charge in [0, 0.05) is 18.7 Å². The van der Waals surface area contributed by atoms with Crippen LogP contribution < -0.4 is 10.1 Å². The van der Waals surface area contributed by atoms with Crippen LogP contribution in [0.2, 0.25) is 0 Å². The van der Waals surface area contributed by atoms with Crippen LogP contribution in [0.15, 0.2) is 18.2 Å². The number of hydrogen-bond donors (Lipinski definition) is 1. The van der Waals surface area contributed by atoms with Crippen molar-refractivity contribution in [2.45, 2.75) is 31.9 Å². The van der Waals surface area contributed by atoms with Crippen molar-refractivity contribution in [3.8, 4) is 5.75 Å². The highest BCUT2D eigenvalue weighted by atomic mass is 19.1. The summed E-state index contributed by atoms with van der Waals surface area (Å²) in [6, 6.07) is 3.33. The van der Waals surface area contributed by atoms with E-state index in [-0.39, 0.29) is 17.9 Å². The monoisotopic (exact) mass is 271 g/mol. The molecule has 0 saturated carbocycles. The highest BCUT2D eigenvalue weighted by Gasteiger charge is 2.27. The van der Waals surface area contributed by atoms with Crippen LogP contribution in [0.25, 0.3) is 0 Å². The molecule has 1 aromatic carbocycles. The van der Waals surface area contributed by atoms with E-state index in [0.717, 1.165) is 37.6 Å². The van der Waals surface area contributed by atoms with Crippen molar-refractivity contribution < 1.29 is 18.3 Å². The van der Waals surface area contributed by atoms with Crippen LogP contribution in [0.1, 0.15) is 19.8 Å². The molecule has 3 nitrogen and oxygen atoms in total. The average molecular weight is 271 g/mol. The Hall–Kier alpha value is -1.20. The van der Waals surface area contributed by atoms with Gasteiger partial charge in [0.15, 0.2) is 11.6 Å². The number of ether oxygens (including phenoxy) is 2. The van der Waals surface area contributed by atoms with Crippen molar-refractivity contribution in [2.24, 2.45) is 0 Å². The van der Waals surface area contributed by atoms with Gasteiger partial charge in [0.1, 0.15) is 11.9 Å². The Morgan fingerprint density at radius 2 is 2.26 bits per heavy atom. The van der Waals surface area contributed by atoms with Crippen LogP contribution in [0.3, 0.4) is 0 Å². The zero-order valence-electron chi connectivity index (χ0n) is 11.0. The van der Waals surface area contributed by atoms with Crippen LogP contribution in [0.5, 0.6) is 5.75 Å². The van der Waals surface area contributed by atoms with Crippen molar-refractivity contribution in [1.29, 1.82) is 0 Å². The van der Waals surface area contributed by atoms with Crippen LogP contribution >= 0.6 is 0 Å². The third-order valence-corrected chi connectivity index (χ3v) is 3.13. The fourth-order valence-electron chi connectivity index (χ4n) is 2.12. The predicted octanol–water partition coefficient (Wildman–Crippen LogP) is 2.50. The molecule has 2 atom stereocenters. The third kappa shape index (κ3) is 3.88. The summed E-state index contributed by atoms with van der Waals surface area (Å²) in [6.45, 7) is 3.99. The van der Waals surface area contributed by atoms with Gasteiger partial charge >= 0.3 is 0 Å². The quantitative estimate of drug-likeness (QED) is 0.892. The van der Waals surface area contributed by atoms with Gasteiger partial charge in [-0.15, -0.1) is 0 Å². The van der Waals surface area contributed by atoms with Gasteiger partial charge in [-0.2, -0.15) is 0 Å². The lowest BCUT2D eigenvalue weighted by Gasteiger charge is -2.32. The fourth-order valence-corrected chi connectivity index (χ4v) is 2.12. The van der Waals surface area contributed by atoms with Crippen molar-refractivity contribution >= 4 is 0 Å². The Bertz CT molecular complexity index is 414. The third-order valence-electron chi connectivity index (χ3n) is 3.13. The lowest BCUT2D eigenvalue weighted by molar-refractivity contribution is -0.0161. The molecule has 0 aromatic heterocycles. The maximum atomic E-state index is 13.6. The topological polar surface area (TPSA) is 30.5 Å². The minimum Gasteiger partial charge on any atom is -0.483 e. The van der Waals surface area contributed by atoms with E-state index in [1.807, 2.05) is 0 Å². The summed E-state index contributed by atoms with van der Waals surface area (Å²) >= 11 is 0. The summed E-state index contributed by atoms with van der Waals surface area (Å²) in [5, 5.41) is 3.35. The molecule has 0 spiro atoms. The van der Waals surface area contributed by atoms with E-state index in [1.165, 1.54) is 0 Å². The summed E-state index contributed by atoms with van der Waals surface area (Å²) in [5.74, 6) is -1.12. The van der Waals surface area contributed by atoms with Crippen LogP contribution in [0, 0.1) is 11.6 Å². The molecule has 1 heterocycles. The van der Waals surface area contributed by atoms with E-state index in [9.17, 15) is 8.78 Å². The van der Waals surface area contributed by atoms with Gasteiger partial charge in [0.2, 0.25) is 0 Å². The zero-order valence-corrected chi connectivity index (χ0v) is 11.0. The zero-order chi connectivity index (χ0) is 13.7. The summed E-state index contributed by atoms with van der Waals surface area (Å²) < 4.78 is 37.6. The number of nitrogens with one attached hydrogen (secondary N) is 1. The molecule has 1 aliphatic heterocycles. The lowest BCUT2D eigenvalue weighted by atomic mass is 10.1. The molecular formula is C14H19F2NO2. The first kappa shape index (κ1) is 14.2. The smallest absolute Gasteiger partial charge is 0.165 e. The lowest BCUT2D eigenvalue weighted by Crippen LogP contribution is -2.49. The highest BCUT2D eigenvalue weighted by molar-refractivity contribution is 5.25. The number of benzene rings is 1. The van der Waals surface area contributed by atoms with E-state index < -0.39 is 11.6 Å².